The molecule has 1 aromatic heterocycles. The van der Waals surface area contributed by atoms with Gasteiger partial charge in [-0.25, -0.2) is 0 Å². The number of hydrogen-bond acceptors (Lipinski definition) is 2. The molecule has 1 aliphatic carbocycles. The second kappa shape index (κ2) is 5.30. The largest absolute Gasteiger partial charge is 0.314 e. The average molecular weight is 254 g/mol. The second-order valence-electron chi connectivity index (χ2n) is 5.66. The van der Waals surface area contributed by atoms with Crippen LogP contribution in [0.3, 0.4) is 0 Å². The van der Waals surface area contributed by atoms with Crippen LogP contribution >= 0.6 is 0 Å². The maximum Gasteiger partial charge on any atom is 0.0346 e. The molecule has 0 spiro atoms. The van der Waals surface area contributed by atoms with E-state index < -0.39 is 0 Å². The molecule has 1 aromatic carbocycles. The highest BCUT2D eigenvalue weighted by Gasteiger charge is 2.33. The van der Waals surface area contributed by atoms with Crippen molar-refractivity contribution in [2.45, 2.75) is 38.6 Å². The monoisotopic (exact) mass is 254 g/mol. The summed E-state index contributed by atoms with van der Waals surface area (Å²) in [6.45, 7) is 5.64. The molecule has 1 aliphatic rings. The van der Waals surface area contributed by atoms with Gasteiger partial charge in [-0.05, 0) is 42.2 Å². The fraction of sp³-hybridized carbons (Fsp3) is 0.471. The van der Waals surface area contributed by atoms with Crippen molar-refractivity contribution in [3.05, 3.63) is 42.2 Å². The Bertz CT molecular complexity index is 559. The Labute approximate surface area is 115 Å². The Kier molecular flexibility index (Phi) is 3.52. The number of benzene rings is 1. The van der Waals surface area contributed by atoms with Gasteiger partial charge in [0, 0.05) is 23.8 Å². The second-order valence-corrected chi connectivity index (χ2v) is 5.66. The number of rotatable bonds is 3. The topological polar surface area (TPSA) is 24.9 Å². The normalized spacial score (nSPS) is 26.9. The van der Waals surface area contributed by atoms with E-state index in [-0.39, 0.29) is 0 Å². The summed E-state index contributed by atoms with van der Waals surface area (Å²) >= 11 is 0. The molecule has 0 aliphatic heterocycles. The van der Waals surface area contributed by atoms with Gasteiger partial charge in [-0.1, -0.05) is 38.1 Å². The molecule has 1 saturated carbocycles. The number of nitrogens with zero attached hydrogens (tertiary/aromatic N) is 1. The summed E-state index contributed by atoms with van der Waals surface area (Å²) in [7, 11) is 0. The summed E-state index contributed by atoms with van der Waals surface area (Å²) < 4.78 is 0. The highest BCUT2D eigenvalue weighted by molar-refractivity contribution is 5.85. The predicted molar refractivity (Wildman–Crippen MR) is 80.3 cm³/mol. The molecule has 3 rings (SSSR count). The number of pyridine rings is 1. The fourth-order valence-corrected chi connectivity index (χ4v) is 3.59. The third-order valence-electron chi connectivity index (χ3n) is 4.62. The molecule has 19 heavy (non-hydrogen) atoms. The molecule has 3 unspecified atom stereocenters. The number of fused-ring (bicyclic) bond motifs is 1. The minimum absolute atomic E-state index is 0.641. The molecule has 1 N–H and O–H groups in total. The Morgan fingerprint density at radius 3 is 2.89 bits per heavy atom. The highest BCUT2D eigenvalue weighted by atomic mass is 14.9. The smallest absolute Gasteiger partial charge is 0.0346 e. The summed E-state index contributed by atoms with van der Waals surface area (Å²) in [5.74, 6) is 1.33. The van der Waals surface area contributed by atoms with E-state index in [1.165, 1.54) is 29.2 Å². The first-order valence-electron chi connectivity index (χ1n) is 7.37. The molecule has 2 nitrogen and oxygen atoms in total. The van der Waals surface area contributed by atoms with Crippen LogP contribution in [-0.2, 0) is 0 Å². The SMILES string of the molecule is CCNC1CCC(c2cncc3ccccc23)C1C. The first-order chi connectivity index (χ1) is 9.31. The maximum absolute atomic E-state index is 4.44. The standard InChI is InChI=1S/C17H22N2/c1-3-19-17-9-8-14(12(17)2)16-11-18-10-13-6-4-5-7-15(13)16/h4-7,10-12,14,17,19H,3,8-9H2,1-2H3. The lowest BCUT2D eigenvalue weighted by Crippen LogP contribution is -2.32. The van der Waals surface area contributed by atoms with E-state index >= 15 is 0 Å². The van der Waals surface area contributed by atoms with Crippen LogP contribution in [-0.4, -0.2) is 17.6 Å². The summed E-state index contributed by atoms with van der Waals surface area (Å²) in [6.07, 6.45) is 6.61. The zero-order valence-electron chi connectivity index (χ0n) is 11.8. The Morgan fingerprint density at radius 1 is 1.21 bits per heavy atom. The summed E-state index contributed by atoms with van der Waals surface area (Å²) in [6, 6.07) is 9.28. The molecule has 0 radical (unpaired) electrons. The van der Waals surface area contributed by atoms with E-state index in [4.69, 9.17) is 0 Å². The van der Waals surface area contributed by atoms with Gasteiger partial charge in [0.05, 0.1) is 0 Å². The lowest BCUT2D eigenvalue weighted by molar-refractivity contribution is 0.412. The van der Waals surface area contributed by atoms with Crippen LogP contribution < -0.4 is 5.32 Å². The molecule has 1 heterocycles. The predicted octanol–water partition coefficient (Wildman–Crippen LogP) is 3.73. The molecule has 3 atom stereocenters. The highest BCUT2D eigenvalue weighted by Crippen LogP contribution is 2.41. The van der Waals surface area contributed by atoms with E-state index in [0.717, 1.165) is 6.54 Å². The van der Waals surface area contributed by atoms with Crippen LogP contribution in [0.15, 0.2) is 36.7 Å². The van der Waals surface area contributed by atoms with Gasteiger partial charge in [0.25, 0.3) is 0 Å². The van der Waals surface area contributed by atoms with Crippen molar-refractivity contribution in [3.8, 4) is 0 Å². The number of aromatic nitrogens is 1. The lowest BCUT2D eigenvalue weighted by Gasteiger charge is -2.22. The Balaban J connectivity index is 1.97. The van der Waals surface area contributed by atoms with Gasteiger partial charge in [0.2, 0.25) is 0 Å². The van der Waals surface area contributed by atoms with Gasteiger partial charge in [-0.3, -0.25) is 4.98 Å². The molecular weight excluding hydrogens is 232 g/mol. The zero-order chi connectivity index (χ0) is 13.2. The lowest BCUT2D eigenvalue weighted by atomic mass is 9.87. The molecule has 100 valence electrons. The van der Waals surface area contributed by atoms with Gasteiger partial charge in [-0.2, -0.15) is 0 Å². The molecule has 0 saturated heterocycles. The van der Waals surface area contributed by atoms with Crippen LogP contribution in [0.5, 0.6) is 0 Å². The van der Waals surface area contributed by atoms with E-state index in [1.54, 1.807) is 0 Å². The third-order valence-corrected chi connectivity index (χ3v) is 4.62. The minimum Gasteiger partial charge on any atom is -0.314 e. The summed E-state index contributed by atoms with van der Waals surface area (Å²) in [5.41, 5.74) is 1.44. The van der Waals surface area contributed by atoms with E-state index in [2.05, 4.69) is 54.6 Å². The minimum atomic E-state index is 0.641. The van der Waals surface area contributed by atoms with Crippen molar-refractivity contribution >= 4 is 10.8 Å². The van der Waals surface area contributed by atoms with Gasteiger partial charge >= 0.3 is 0 Å². The number of hydrogen-bond donors (Lipinski definition) is 1. The van der Waals surface area contributed by atoms with Crippen molar-refractivity contribution in [2.24, 2.45) is 5.92 Å². The van der Waals surface area contributed by atoms with Crippen molar-refractivity contribution < 1.29 is 0 Å². The van der Waals surface area contributed by atoms with Crippen LogP contribution in [0, 0.1) is 5.92 Å². The summed E-state index contributed by atoms with van der Waals surface area (Å²) in [5, 5.41) is 6.27. The maximum atomic E-state index is 4.44. The molecule has 0 bridgehead atoms. The van der Waals surface area contributed by atoms with Crippen molar-refractivity contribution in [1.82, 2.24) is 10.3 Å². The van der Waals surface area contributed by atoms with Crippen molar-refractivity contribution in [3.63, 3.8) is 0 Å². The first kappa shape index (κ1) is 12.6. The van der Waals surface area contributed by atoms with Gasteiger partial charge in [0.15, 0.2) is 0 Å². The Morgan fingerprint density at radius 2 is 2.05 bits per heavy atom. The first-order valence-corrected chi connectivity index (χ1v) is 7.37. The van der Waals surface area contributed by atoms with E-state index in [0.29, 0.717) is 17.9 Å². The quantitative estimate of drug-likeness (QED) is 0.903. The van der Waals surface area contributed by atoms with Gasteiger partial charge < -0.3 is 5.32 Å². The van der Waals surface area contributed by atoms with Crippen LogP contribution in [0.25, 0.3) is 10.8 Å². The zero-order valence-corrected chi connectivity index (χ0v) is 11.8. The fourth-order valence-electron chi connectivity index (χ4n) is 3.59. The van der Waals surface area contributed by atoms with Gasteiger partial charge in [0.1, 0.15) is 0 Å². The van der Waals surface area contributed by atoms with E-state index in [9.17, 15) is 0 Å². The van der Waals surface area contributed by atoms with Crippen LogP contribution in [0.4, 0.5) is 0 Å². The summed E-state index contributed by atoms with van der Waals surface area (Å²) in [4.78, 5) is 4.44. The Hall–Kier alpha value is -1.41. The third kappa shape index (κ3) is 2.25. The molecule has 2 aromatic rings. The molecule has 0 amide bonds. The van der Waals surface area contributed by atoms with Crippen LogP contribution in [0.2, 0.25) is 0 Å². The van der Waals surface area contributed by atoms with Gasteiger partial charge in [-0.15, -0.1) is 0 Å². The average Bonchev–Trinajstić information content (AvgIpc) is 2.80. The molecular formula is C17H22N2. The van der Waals surface area contributed by atoms with Crippen molar-refractivity contribution in [1.29, 1.82) is 0 Å². The number of nitrogens with one attached hydrogen (secondary N) is 1. The van der Waals surface area contributed by atoms with Crippen LogP contribution in [0.1, 0.15) is 38.2 Å². The molecule has 1 fully saturated rings. The van der Waals surface area contributed by atoms with Crippen molar-refractivity contribution in [2.75, 3.05) is 6.54 Å². The molecule has 2 heteroatoms. The van der Waals surface area contributed by atoms with E-state index in [1.807, 2.05) is 6.20 Å².